The number of hydrogen-bond acceptors (Lipinski definition) is 3. The molecule has 2 aromatic rings. The number of hydrogen-bond donors (Lipinski definition) is 0. The van der Waals surface area contributed by atoms with Gasteiger partial charge in [0.05, 0.1) is 12.0 Å². The molecule has 2 unspecified atom stereocenters. The van der Waals surface area contributed by atoms with Crippen LogP contribution in [0, 0.1) is 11.6 Å². The lowest BCUT2D eigenvalue weighted by Gasteiger charge is -2.26. The maximum Gasteiger partial charge on any atom is 0.200 e. The van der Waals surface area contributed by atoms with Crippen molar-refractivity contribution in [3.8, 4) is 11.5 Å². The first-order valence-corrected chi connectivity index (χ1v) is 14.0. The molecule has 0 bridgehead atoms. The first kappa shape index (κ1) is 28.7. The van der Waals surface area contributed by atoms with Crippen LogP contribution in [0.4, 0.5) is 8.78 Å². The first-order valence-electron chi connectivity index (χ1n) is 13.6. The fourth-order valence-electron chi connectivity index (χ4n) is 4.57. The minimum absolute atomic E-state index is 0.00998. The summed E-state index contributed by atoms with van der Waals surface area (Å²) in [6, 6.07) is 9.63. The molecule has 0 spiro atoms. The zero-order valence-electron chi connectivity index (χ0n) is 21.8. The Morgan fingerprint density at radius 2 is 1.64 bits per heavy atom. The molecule has 0 heterocycles. The number of unbranched alkanes of at least 4 members (excludes halogenated alkanes) is 3. The third-order valence-corrected chi connectivity index (χ3v) is 7.16. The second-order valence-corrected chi connectivity index (χ2v) is 10.3. The van der Waals surface area contributed by atoms with Crippen molar-refractivity contribution in [3.63, 3.8) is 0 Å². The van der Waals surface area contributed by atoms with Gasteiger partial charge in [0, 0.05) is 13.2 Å². The molecule has 0 fully saturated rings. The van der Waals surface area contributed by atoms with Crippen LogP contribution in [-0.4, -0.2) is 31.8 Å². The van der Waals surface area contributed by atoms with Crippen molar-refractivity contribution in [3.05, 3.63) is 58.7 Å². The molecule has 1 aliphatic carbocycles. The average molecular weight is 523 g/mol. The molecule has 0 radical (unpaired) electrons. The molecular formula is C30H41ClF2O3. The quantitative estimate of drug-likeness (QED) is 0.164. The smallest absolute Gasteiger partial charge is 0.200 e. The predicted octanol–water partition coefficient (Wildman–Crippen LogP) is 8.39. The van der Waals surface area contributed by atoms with Crippen LogP contribution in [0.3, 0.4) is 0 Å². The highest BCUT2D eigenvalue weighted by atomic mass is 35.5. The van der Waals surface area contributed by atoms with Gasteiger partial charge in [-0.05, 0) is 85.8 Å². The van der Waals surface area contributed by atoms with E-state index >= 15 is 4.39 Å². The van der Waals surface area contributed by atoms with Crippen LogP contribution in [0.5, 0.6) is 11.5 Å². The molecule has 2 atom stereocenters. The summed E-state index contributed by atoms with van der Waals surface area (Å²) in [4.78, 5) is 0. The largest absolute Gasteiger partial charge is 0.492 e. The van der Waals surface area contributed by atoms with Crippen LogP contribution in [0.25, 0.3) is 0 Å². The van der Waals surface area contributed by atoms with Gasteiger partial charge in [0.15, 0.2) is 11.6 Å². The van der Waals surface area contributed by atoms with Gasteiger partial charge in [0.1, 0.15) is 12.4 Å². The SMILES string of the molecule is CCCCOCCCCOc1cc2c(c(F)c1F)CC(c1ccc(OCC(Cl)CCCC)cc1)CC2. The van der Waals surface area contributed by atoms with Gasteiger partial charge < -0.3 is 14.2 Å². The predicted molar refractivity (Wildman–Crippen MR) is 143 cm³/mol. The first-order chi connectivity index (χ1) is 17.5. The maximum absolute atomic E-state index is 15.0. The van der Waals surface area contributed by atoms with E-state index in [1.807, 2.05) is 24.3 Å². The van der Waals surface area contributed by atoms with E-state index in [2.05, 4.69) is 13.8 Å². The average Bonchev–Trinajstić information content (AvgIpc) is 2.90. The summed E-state index contributed by atoms with van der Waals surface area (Å²) in [5.41, 5.74) is 2.44. The van der Waals surface area contributed by atoms with Gasteiger partial charge in [0.25, 0.3) is 0 Å². The Kier molecular flexibility index (Phi) is 12.3. The lowest BCUT2D eigenvalue weighted by Crippen LogP contribution is -2.16. The molecule has 0 amide bonds. The second kappa shape index (κ2) is 15.4. The van der Waals surface area contributed by atoms with E-state index < -0.39 is 11.6 Å². The van der Waals surface area contributed by atoms with Crippen LogP contribution in [0.1, 0.15) is 87.8 Å². The molecule has 3 rings (SSSR count). The zero-order chi connectivity index (χ0) is 25.8. The molecule has 0 aliphatic heterocycles. The molecule has 0 saturated carbocycles. The Balaban J connectivity index is 1.51. The van der Waals surface area contributed by atoms with Gasteiger partial charge in [-0.3, -0.25) is 0 Å². The number of fused-ring (bicyclic) bond motifs is 1. The minimum atomic E-state index is -0.879. The molecule has 3 nitrogen and oxygen atoms in total. The van der Waals surface area contributed by atoms with Gasteiger partial charge in [-0.25, -0.2) is 4.39 Å². The number of aryl methyl sites for hydroxylation is 1. The maximum atomic E-state index is 15.0. The zero-order valence-corrected chi connectivity index (χ0v) is 22.6. The number of rotatable bonds is 16. The molecule has 2 aromatic carbocycles. The van der Waals surface area contributed by atoms with E-state index in [0.717, 1.165) is 74.8 Å². The van der Waals surface area contributed by atoms with Crippen molar-refractivity contribution in [2.45, 2.75) is 89.4 Å². The van der Waals surface area contributed by atoms with Gasteiger partial charge in [-0.2, -0.15) is 4.39 Å². The molecule has 0 saturated heterocycles. The standard InChI is InChI=1S/C30H41ClF2O3/c1-3-5-9-25(31)21-36-26-14-12-22(13-15-26)23-10-11-24-20-28(30(33)29(32)27(24)19-23)35-18-8-7-17-34-16-6-4-2/h12-15,20,23,25H,3-11,16-19,21H2,1-2H3. The van der Waals surface area contributed by atoms with Gasteiger partial charge >= 0.3 is 0 Å². The van der Waals surface area contributed by atoms with Crippen molar-refractivity contribution in [1.82, 2.24) is 0 Å². The van der Waals surface area contributed by atoms with Crippen LogP contribution in [-0.2, 0) is 17.6 Å². The fourth-order valence-corrected chi connectivity index (χ4v) is 4.79. The number of ether oxygens (including phenoxy) is 3. The highest BCUT2D eigenvalue weighted by Gasteiger charge is 2.27. The third kappa shape index (κ3) is 8.62. The second-order valence-electron chi connectivity index (χ2n) is 9.72. The van der Waals surface area contributed by atoms with E-state index in [9.17, 15) is 4.39 Å². The Morgan fingerprint density at radius 1 is 0.917 bits per heavy atom. The summed E-state index contributed by atoms with van der Waals surface area (Å²) < 4.78 is 46.7. The van der Waals surface area contributed by atoms with E-state index in [1.165, 1.54) is 0 Å². The molecular weight excluding hydrogens is 482 g/mol. The van der Waals surface area contributed by atoms with Crippen LogP contribution in [0.15, 0.2) is 30.3 Å². The van der Waals surface area contributed by atoms with Crippen molar-refractivity contribution in [1.29, 1.82) is 0 Å². The molecule has 200 valence electrons. The van der Waals surface area contributed by atoms with Crippen LogP contribution in [0.2, 0.25) is 0 Å². The molecule has 6 heteroatoms. The number of halogens is 3. The Hall–Kier alpha value is -1.85. The van der Waals surface area contributed by atoms with Gasteiger partial charge in [-0.15, -0.1) is 11.6 Å². The Labute approximate surface area is 220 Å². The molecule has 36 heavy (non-hydrogen) atoms. The summed E-state index contributed by atoms with van der Waals surface area (Å²) in [7, 11) is 0. The normalized spacial score (nSPS) is 16.0. The van der Waals surface area contributed by atoms with Crippen molar-refractivity contribution >= 4 is 11.6 Å². The van der Waals surface area contributed by atoms with Crippen LogP contribution < -0.4 is 9.47 Å². The van der Waals surface area contributed by atoms with Crippen LogP contribution >= 0.6 is 11.6 Å². The van der Waals surface area contributed by atoms with E-state index in [-0.39, 0.29) is 17.0 Å². The van der Waals surface area contributed by atoms with Gasteiger partial charge in [0.2, 0.25) is 5.82 Å². The highest BCUT2D eigenvalue weighted by molar-refractivity contribution is 6.20. The summed E-state index contributed by atoms with van der Waals surface area (Å²) in [5, 5.41) is 0.00998. The molecule has 0 N–H and O–H groups in total. The highest BCUT2D eigenvalue weighted by Crippen LogP contribution is 2.38. The van der Waals surface area contributed by atoms with Gasteiger partial charge in [-0.1, -0.05) is 45.2 Å². The lowest BCUT2D eigenvalue weighted by molar-refractivity contribution is 0.123. The summed E-state index contributed by atoms with van der Waals surface area (Å²) >= 11 is 6.31. The third-order valence-electron chi connectivity index (χ3n) is 6.82. The Bertz CT molecular complexity index is 919. The minimum Gasteiger partial charge on any atom is -0.492 e. The summed E-state index contributed by atoms with van der Waals surface area (Å²) in [5.74, 6) is -0.699. The topological polar surface area (TPSA) is 27.7 Å². The van der Waals surface area contributed by atoms with E-state index in [4.69, 9.17) is 25.8 Å². The number of benzene rings is 2. The summed E-state index contributed by atoms with van der Waals surface area (Å²) in [6.45, 7) is 6.56. The lowest BCUT2D eigenvalue weighted by atomic mass is 9.80. The van der Waals surface area contributed by atoms with E-state index in [1.54, 1.807) is 6.07 Å². The van der Waals surface area contributed by atoms with Crippen molar-refractivity contribution in [2.75, 3.05) is 26.4 Å². The molecule has 0 aromatic heterocycles. The summed E-state index contributed by atoms with van der Waals surface area (Å²) in [6.07, 6.45) is 8.99. The van der Waals surface area contributed by atoms with Crippen molar-refractivity contribution in [2.24, 2.45) is 0 Å². The van der Waals surface area contributed by atoms with Crippen molar-refractivity contribution < 1.29 is 23.0 Å². The monoisotopic (exact) mass is 522 g/mol. The molecule has 1 aliphatic rings. The number of alkyl halides is 1. The van der Waals surface area contributed by atoms with E-state index in [0.29, 0.717) is 38.2 Å². The Morgan fingerprint density at radius 3 is 2.39 bits per heavy atom. The fraction of sp³-hybridized carbons (Fsp3) is 0.600.